The van der Waals surface area contributed by atoms with E-state index in [1.807, 2.05) is 13.8 Å². The fourth-order valence-corrected chi connectivity index (χ4v) is 1.12. The van der Waals surface area contributed by atoms with Gasteiger partial charge in [-0.2, -0.15) is 0 Å². The van der Waals surface area contributed by atoms with E-state index in [1.54, 1.807) is 7.11 Å². The van der Waals surface area contributed by atoms with Gasteiger partial charge >= 0.3 is 0 Å². The van der Waals surface area contributed by atoms with E-state index < -0.39 is 0 Å². The minimum absolute atomic E-state index is 0.144. The first kappa shape index (κ1) is 9.88. The molecule has 2 atom stereocenters. The number of hydrogen-bond donors (Lipinski definition) is 2. The van der Waals surface area contributed by atoms with Gasteiger partial charge in [-0.3, -0.25) is 0 Å². The van der Waals surface area contributed by atoms with E-state index in [9.17, 15) is 0 Å². The average Bonchev–Trinajstić information content (AvgIpc) is 1.59. The third-order valence-corrected chi connectivity index (χ3v) is 1.26. The van der Waals surface area contributed by atoms with Gasteiger partial charge in [-0.15, -0.1) is 0 Å². The molecule has 0 saturated carbocycles. The van der Waals surface area contributed by atoms with Gasteiger partial charge in [0, 0.05) is 18.7 Å². The van der Waals surface area contributed by atoms with E-state index in [4.69, 9.17) is 16.2 Å². The van der Waals surface area contributed by atoms with Crippen molar-refractivity contribution in [3.05, 3.63) is 0 Å². The SMILES string of the molecule is COCC(C)(N)CC(C)N. The molecule has 0 radical (unpaired) electrons. The van der Waals surface area contributed by atoms with Gasteiger partial charge in [0.05, 0.1) is 6.61 Å². The van der Waals surface area contributed by atoms with Crippen LogP contribution in [0, 0.1) is 0 Å². The molecule has 2 unspecified atom stereocenters. The second-order valence-corrected chi connectivity index (χ2v) is 3.27. The van der Waals surface area contributed by atoms with Gasteiger partial charge in [0.25, 0.3) is 0 Å². The van der Waals surface area contributed by atoms with Crippen molar-refractivity contribution in [1.29, 1.82) is 0 Å². The van der Waals surface area contributed by atoms with E-state index >= 15 is 0 Å². The number of ether oxygens (including phenoxy) is 1. The second-order valence-electron chi connectivity index (χ2n) is 3.27. The first-order valence-corrected chi connectivity index (χ1v) is 3.51. The molecule has 0 aromatic heterocycles. The summed E-state index contributed by atoms with van der Waals surface area (Å²) in [5, 5.41) is 0. The second kappa shape index (κ2) is 3.91. The molecule has 3 nitrogen and oxygen atoms in total. The molecule has 0 aliphatic carbocycles. The monoisotopic (exact) mass is 146 g/mol. The van der Waals surface area contributed by atoms with Gasteiger partial charge in [-0.25, -0.2) is 0 Å². The maximum absolute atomic E-state index is 5.82. The summed E-state index contributed by atoms with van der Waals surface area (Å²) in [5.74, 6) is 0. The van der Waals surface area contributed by atoms with Gasteiger partial charge in [0.1, 0.15) is 0 Å². The van der Waals surface area contributed by atoms with Crippen molar-refractivity contribution in [3.8, 4) is 0 Å². The minimum atomic E-state index is -0.275. The van der Waals surface area contributed by atoms with Crippen LogP contribution in [-0.2, 0) is 4.74 Å². The fourth-order valence-electron chi connectivity index (χ4n) is 1.12. The highest BCUT2D eigenvalue weighted by Gasteiger charge is 2.19. The Morgan fingerprint density at radius 2 is 2.10 bits per heavy atom. The quantitative estimate of drug-likeness (QED) is 0.591. The van der Waals surface area contributed by atoms with E-state index in [1.165, 1.54) is 0 Å². The number of methoxy groups -OCH3 is 1. The van der Waals surface area contributed by atoms with Crippen molar-refractivity contribution in [2.24, 2.45) is 11.5 Å². The van der Waals surface area contributed by atoms with Gasteiger partial charge in [-0.05, 0) is 20.3 Å². The van der Waals surface area contributed by atoms with E-state index in [0.717, 1.165) is 6.42 Å². The lowest BCUT2D eigenvalue weighted by Crippen LogP contribution is -2.45. The van der Waals surface area contributed by atoms with Crippen LogP contribution in [0.3, 0.4) is 0 Å². The third kappa shape index (κ3) is 4.73. The lowest BCUT2D eigenvalue weighted by molar-refractivity contribution is 0.133. The lowest BCUT2D eigenvalue weighted by atomic mass is 9.96. The predicted molar refractivity (Wildman–Crippen MR) is 42.7 cm³/mol. The van der Waals surface area contributed by atoms with Gasteiger partial charge in [0.2, 0.25) is 0 Å². The van der Waals surface area contributed by atoms with E-state index in [2.05, 4.69) is 0 Å². The summed E-state index contributed by atoms with van der Waals surface area (Å²) < 4.78 is 4.93. The minimum Gasteiger partial charge on any atom is -0.383 e. The van der Waals surface area contributed by atoms with Crippen molar-refractivity contribution < 1.29 is 4.74 Å². The summed E-state index contributed by atoms with van der Waals surface area (Å²) in [6, 6.07) is 0.144. The Morgan fingerprint density at radius 1 is 1.60 bits per heavy atom. The van der Waals surface area contributed by atoms with Crippen LogP contribution in [0.4, 0.5) is 0 Å². The Bertz CT molecular complexity index is 91.6. The molecular formula is C7H18N2O. The zero-order valence-corrected chi connectivity index (χ0v) is 7.05. The highest BCUT2D eigenvalue weighted by molar-refractivity contribution is 4.81. The van der Waals surface area contributed by atoms with Crippen LogP contribution in [0.2, 0.25) is 0 Å². The Morgan fingerprint density at radius 3 is 2.40 bits per heavy atom. The molecule has 62 valence electrons. The van der Waals surface area contributed by atoms with Crippen LogP contribution in [-0.4, -0.2) is 25.3 Å². The number of nitrogens with two attached hydrogens (primary N) is 2. The Balaban J connectivity index is 3.63. The molecule has 0 aliphatic heterocycles. The molecule has 0 spiro atoms. The van der Waals surface area contributed by atoms with Crippen molar-refractivity contribution in [2.45, 2.75) is 31.8 Å². The maximum atomic E-state index is 5.82. The Hall–Kier alpha value is -0.120. The molecule has 0 amide bonds. The molecule has 4 N–H and O–H groups in total. The molecule has 0 rings (SSSR count). The Kier molecular flexibility index (Phi) is 3.86. The summed E-state index contributed by atoms with van der Waals surface area (Å²) >= 11 is 0. The topological polar surface area (TPSA) is 61.3 Å². The van der Waals surface area contributed by atoms with Crippen LogP contribution < -0.4 is 11.5 Å². The highest BCUT2D eigenvalue weighted by atomic mass is 16.5. The van der Waals surface area contributed by atoms with Crippen molar-refractivity contribution in [2.75, 3.05) is 13.7 Å². The number of hydrogen-bond acceptors (Lipinski definition) is 3. The molecule has 0 aromatic carbocycles. The van der Waals surface area contributed by atoms with E-state index in [-0.39, 0.29) is 11.6 Å². The first-order chi connectivity index (χ1) is 4.48. The molecule has 3 heteroatoms. The van der Waals surface area contributed by atoms with Crippen LogP contribution >= 0.6 is 0 Å². The largest absolute Gasteiger partial charge is 0.383 e. The normalized spacial score (nSPS) is 20.1. The highest BCUT2D eigenvalue weighted by Crippen LogP contribution is 2.07. The molecule has 0 fully saturated rings. The van der Waals surface area contributed by atoms with Crippen LogP contribution in [0.25, 0.3) is 0 Å². The summed E-state index contributed by atoms with van der Waals surface area (Å²) in [6.45, 7) is 4.45. The van der Waals surface area contributed by atoms with Crippen LogP contribution in [0.1, 0.15) is 20.3 Å². The molecular weight excluding hydrogens is 128 g/mol. The molecule has 0 saturated heterocycles. The smallest absolute Gasteiger partial charge is 0.0640 e. The maximum Gasteiger partial charge on any atom is 0.0640 e. The number of rotatable bonds is 4. The average molecular weight is 146 g/mol. The zero-order valence-electron chi connectivity index (χ0n) is 7.05. The summed E-state index contributed by atoms with van der Waals surface area (Å²) in [6.07, 6.45) is 0.792. The standard InChI is InChI=1S/C7H18N2O/c1-6(8)4-7(2,9)5-10-3/h6H,4-5,8-9H2,1-3H3. The molecule has 10 heavy (non-hydrogen) atoms. The van der Waals surface area contributed by atoms with Gasteiger partial charge in [0.15, 0.2) is 0 Å². The first-order valence-electron chi connectivity index (χ1n) is 3.51. The molecule has 0 aromatic rings. The zero-order chi connectivity index (χ0) is 8.20. The third-order valence-electron chi connectivity index (χ3n) is 1.26. The van der Waals surface area contributed by atoms with Crippen LogP contribution in [0.15, 0.2) is 0 Å². The summed E-state index contributed by atoms with van der Waals surface area (Å²) in [5.41, 5.74) is 11.1. The Labute approximate surface area is 62.7 Å². The summed E-state index contributed by atoms with van der Waals surface area (Å²) in [4.78, 5) is 0. The molecule has 0 aliphatic rings. The van der Waals surface area contributed by atoms with Gasteiger partial charge < -0.3 is 16.2 Å². The van der Waals surface area contributed by atoms with Crippen molar-refractivity contribution in [1.82, 2.24) is 0 Å². The van der Waals surface area contributed by atoms with Crippen molar-refractivity contribution in [3.63, 3.8) is 0 Å². The van der Waals surface area contributed by atoms with Crippen molar-refractivity contribution >= 4 is 0 Å². The van der Waals surface area contributed by atoms with Gasteiger partial charge in [-0.1, -0.05) is 0 Å². The molecule has 0 heterocycles. The van der Waals surface area contributed by atoms with Crippen LogP contribution in [0.5, 0.6) is 0 Å². The fraction of sp³-hybridized carbons (Fsp3) is 1.00. The van der Waals surface area contributed by atoms with E-state index in [0.29, 0.717) is 6.61 Å². The summed E-state index contributed by atoms with van der Waals surface area (Å²) in [7, 11) is 1.65. The predicted octanol–water partition coefficient (Wildman–Crippen LogP) is 0.0875. The molecule has 0 bridgehead atoms. The lowest BCUT2D eigenvalue weighted by Gasteiger charge is -2.25.